The summed E-state index contributed by atoms with van der Waals surface area (Å²) in [6, 6.07) is 7.20. The maximum Gasteiger partial charge on any atom is 0.326 e. The Bertz CT molecular complexity index is 808. The number of carboxylic acid groups (broad SMARTS) is 1. The highest BCUT2D eigenvalue weighted by atomic mass is 16.5. The molecular weight excluding hydrogens is 412 g/mol. The molecule has 2 fully saturated rings. The minimum Gasteiger partial charge on any atom is -0.480 e. The first-order chi connectivity index (χ1) is 15.3. The molecule has 2 saturated heterocycles. The van der Waals surface area contributed by atoms with Crippen LogP contribution < -0.4 is 5.32 Å². The number of nitrogens with zero attached hydrogens (tertiary/aromatic N) is 1. The lowest BCUT2D eigenvalue weighted by Crippen LogP contribution is -2.60. The first-order valence-electron chi connectivity index (χ1n) is 11.4. The summed E-state index contributed by atoms with van der Waals surface area (Å²) in [4.78, 5) is 39.5. The van der Waals surface area contributed by atoms with Gasteiger partial charge in [0.2, 0.25) is 5.91 Å². The van der Waals surface area contributed by atoms with Crippen molar-refractivity contribution in [3.05, 3.63) is 35.9 Å². The molecular formula is C24H34N2O6. The number of benzene rings is 1. The molecule has 2 aliphatic heterocycles. The van der Waals surface area contributed by atoms with Crippen LogP contribution in [0.3, 0.4) is 0 Å². The molecule has 1 aromatic carbocycles. The molecule has 5 atom stereocenters. The molecule has 2 N–H and O–H groups in total. The molecule has 0 radical (unpaired) electrons. The Kier molecular flexibility index (Phi) is 7.90. The lowest BCUT2D eigenvalue weighted by atomic mass is 9.77. The molecule has 0 aromatic heterocycles. The van der Waals surface area contributed by atoms with Crippen molar-refractivity contribution in [2.24, 2.45) is 5.41 Å². The number of hydrogen-bond acceptors (Lipinski definition) is 6. The summed E-state index contributed by atoms with van der Waals surface area (Å²) in [5, 5.41) is 12.9. The molecule has 0 aliphatic carbocycles. The molecule has 2 heterocycles. The minimum absolute atomic E-state index is 0.181. The van der Waals surface area contributed by atoms with E-state index in [4.69, 9.17) is 9.47 Å². The summed E-state index contributed by atoms with van der Waals surface area (Å²) >= 11 is 0. The van der Waals surface area contributed by atoms with Gasteiger partial charge in [0.05, 0.1) is 19.3 Å². The molecule has 32 heavy (non-hydrogen) atoms. The second kappa shape index (κ2) is 10.4. The Hall–Kier alpha value is -2.45. The number of aliphatic carboxylic acids is 1. The second-order valence-corrected chi connectivity index (χ2v) is 8.98. The van der Waals surface area contributed by atoms with Gasteiger partial charge in [-0.3, -0.25) is 14.9 Å². The van der Waals surface area contributed by atoms with Crippen molar-refractivity contribution in [3.63, 3.8) is 0 Å². The highest BCUT2D eigenvalue weighted by Gasteiger charge is 2.47. The van der Waals surface area contributed by atoms with Crippen molar-refractivity contribution in [1.82, 2.24) is 10.2 Å². The van der Waals surface area contributed by atoms with Crippen LogP contribution in [0.15, 0.2) is 30.3 Å². The number of ether oxygens (including phenoxy) is 2. The van der Waals surface area contributed by atoms with Gasteiger partial charge in [-0.25, -0.2) is 4.79 Å². The number of amides is 1. The number of rotatable bonds is 8. The number of nitrogens with one attached hydrogen (secondary N) is 1. The van der Waals surface area contributed by atoms with Crippen LogP contribution in [0.4, 0.5) is 0 Å². The van der Waals surface area contributed by atoms with E-state index in [0.717, 1.165) is 18.4 Å². The van der Waals surface area contributed by atoms with E-state index in [-0.39, 0.29) is 23.8 Å². The van der Waals surface area contributed by atoms with Crippen molar-refractivity contribution < 1.29 is 29.0 Å². The van der Waals surface area contributed by atoms with Crippen LogP contribution in [0.25, 0.3) is 0 Å². The maximum atomic E-state index is 13.4. The third-order valence-electron chi connectivity index (χ3n) is 6.75. The van der Waals surface area contributed by atoms with Gasteiger partial charge in [0, 0.05) is 24.5 Å². The number of esters is 1. The lowest BCUT2D eigenvalue weighted by Gasteiger charge is -2.44. The van der Waals surface area contributed by atoms with Crippen LogP contribution in [0.2, 0.25) is 0 Å². The molecule has 176 valence electrons. The number of piperidine rings is 1. The van der Waals surface area contributed by atoms with Gasteiger partial charge in [0.1, 0.15) is 12.1 Å². The van der Waals surface area contributed by atoms with Gasteiger partial charge in [-0.05, 0) is 38.7 Å². The third-order valence-corrected chi connectivity index (χ3v) is 6.75. The van der Waals surface area contributed by atoms with Crippen molar-refractivity contribution in [2.75, 3.05) is 26.4 Å². The lowest BCUT2D eigenvalue weighted by molar-refractivity contribution is -0.157. The van der Waals surface area contributed by atoms with Crippen molar-refractivity contribution >= 4 is 17.8 Å². The van der Waals surface area contributed by atoms with Crippen LogP contribution in [0, 0.1) is 5.41 Å². The average Bonchev–Trinajstić information content (AvgIpc) is 3.24. The summed E-state index contributed by atoms with van der Waals surface area (Å²) in [5.74, 6) is -1.99. The van der Waals surface area contributed by atoms with Crippen molar-refractivity contribution in [2.45, 2.75) is 64.1 Å². The Balaban J connectivity index is 1.78. The zero-order valence-electron chi connectivity index (χ0n) is 19.1. The normalized spacial score (nSPS) is 25.8. The van der Waals surface area contributed by atoms with Gasteiger partial charge >= 0.3 is 11.9 Å². The van der Waals surface area contributed by atoms with Crippen LogP contribution >= 0.6 is 0 Å². The number of hydrogen-bond donors (Lipinski definition) is 2. The molecule has 8 heteroatoms. The third kappa shape index (κ3) is 5.30. The van der Waals surface area contributed by atoms with E-state index in [1.807, 2.05) is 37.3 Å². The first-order valence-corrected chi connectivity index (χ1v) is 11.4. The fourth-order valence-electron chi connectivity index (χ4n) is 4.80. The summed E-state index contributed by atoms with van der Waals surface area (Å²) in [6.45, 7) is 7.09. The van der Waals surface area contributed by atoms with Gasteiger partial charge < -0.3 is 19.5 Å². The smallest absolute Gasteiger partial charge is 0.326 e. The molecule has 0 bridgehead atoms. The quantitative estimate of drug-likeness (QED) is 0.590. The Morgan fingerprint density at radius 1 is 1.25 bits per heavy atom. The molecule has 2 aliphatic rings. The number of likely N-dealkylation sites (tertiary alicyclic amines) is 1. The monoisotopic (exact) mass is 446 g/mol. The Morgan fingerprint density at radius 3 is 2.56 bits per heavy atom. The molecule has 1 amide bonds. The number of carboxylic acids is 1. The van der Waals surface area contributed by atoms with Crippen LogP contribution in [0.5, 0.6) is 0 Å². The van der Waals surface area contributed by atoms with E-state index in [1.165, 1.54) is 4.90 Å². The van der Waals surface area contributed by atoms with E-state index in [9.17, 15) is 19.5 Å². The van der Waals surface area contributed by atoms with Gasteiger partial charge in [-0.2, -0.15) is 0 Å². The Labute approximate surface area is 189 Å². The van der Waals surface area contributed by atoms with E-state index in [0.29, 0.717) is 26.2 Å². The second-order valence-electron chi connectivity index (χ2n) is 8.98. The first kappa shape index (κ1) is 24.2. The standard InChI is InChI=1S/C24H34N2O6/c1-4-32-23(30)20(16(2)18-8-6-5-7-9-18)25-17(3)21(27)26-14-24(12-13-31-15-24)11-10-19(26)22(28)29/h5-9,16-17,19-20,25H,4,10-15H2,1-3H3,(H,28,29)/t16?,17?,19-,20-,24?/m0/s1. The highest BCUT2D eigenvalue weighted by Crippen LogP contribution is 2.40. The van der Waals surface area contributed by atoms with E-state index in [2.05, 4.69) is 5.32 Å². The van der Waals surface area contributed by atoms with Crippen molar-refractivity contribution in [3.8, 4) is 0 Å². The van der Waals surface area contributed by atoms with Gasteiger partial charge in [0.15, 0.2) is 0 Å². The molecule has 3 unspecified atom stereocenters. The van der Waals surface area contributed by atoms with Crippen LogP contribution in [-0.4, -0.2) is 72.3 Å². The number of carbonyl (C=O) groups excluding carboxylic acids is 2. The largest absolute Gasteiger partial charge is 0.480 e. The number of carbonyl (C=O) groups is 3. The van der Waals surface area contributed by atoms with Crippen LogP contribution in [0.1, 0.15) is 51.5 Å². The van der Waals surface area contributed by atoms with Gasteiger partial charge in [-0.1, -0.05) is 37.3 Å². The minimum atomic E-state index is -1.00. The highest BCUT2D eigenvalue weighted by molar-refractivity contribution is 5.88. The Morgan fingerprint density at radius 2 is 1.97 bits per heavy atom. The van der Waals surface area contributed by atoms with E-state index < -0.39 is 30.1 Å². The van der Waals surface area contributed by atoms with E-state index in [1.54, 1.807) is 13.8 Å². The maximum absolute atomic E-state index is 13.4. The van der Waals surface area contributed by atoms with E-state index >= 15 is 0 Å². The summed E-state index contributed by atoms with van der Waals surface area (Å²) in [6.07, 6.45) is 1.95. The zero-order chi connectivity index (χ0) is 23.3. The average molecular weight is 447 g/mol. The van der Waals surface area contributed by atoms with Gasteiger partial charge in [0.25, 0.3) is 0 Å². The zero-order valence-corrected chi connectivity index (χ0v) is 19.1. The predicted octanol–water partition coefficient (Wildman–Crippen LogP) is 2.18. The molecule has 1 spiro atoms. The summed E-state index contributed by atoms with van der Waals surface area (Å²) < 4.78 is 10.8. The fraction of sp³-hybridized carbons (Fsp3) is 0.625. The summed E-state index contributed by atoms with van der Waals surface area (Å²) in [5.41, 5.74) is 0.764. The SMILES string of the molecule is CCOC(=O)[C@@H](NC(C)C(=O)N1CC2(CCOC2)CC[C@H]1C(=O)O)C(C)c1ccccc1. The summed E-state index contributed by atoms with van der Waals surface area (Å²) in [7, 11) is 0. The molecule has 1 aromatic rings. The van der Waals surface area contributed by atoms with Crippen molar-refractivity contribution in [1.29, 1.82) is 0 Å². The molecule has 0 saturated carbocycles. The fourth-order valence-corrected chi connectivity index (χ4v) is 4.80. The van der Waals surface area contributed by atoms with Gasteiger partial charge in [-0.15, -0.1) is 0 Å². The molecule has 8 nitrogen and oxygen atoms in total. The molecule has 3 rings (SSSR count). The topological polar surface area (TPSA) is 105 Å². The van der Waals surface area contributed by atoms with Crippen LogP contribution in [-0.2, 0) is 23.9 Å². The predicted molar refractivity (Wildman–Crippen MR) is 118 cm³/mol.